The second kappa shape index (κ2) is 6.98. The molecule has 0 aliphatic carbocycles. The summed E-state index contributed by atoms with van der Waals surface area (Å²) in [5, 5.41) is 9.50. The second-order valence-electron chi connectivity index (χ2n) is 5.67. The lowest BCUT2D eigenvalue weighted by molar-refractivity contribution is 0.113. The van der Waals surface area contributed by atoms with Crippen LogP contribution in [0, 0.1) is 11.3 Å². The van der Waals surface area contributed by atoms with Gasteiger partial charge in [-0.1, -0.05) is 43.3 Å². The van der Waals surface area contributed by atoms with Crippen LogP contribution in [-0.2, 0) is 13.6 Å². The zero-order valence-electron chi connectivity index (χ0n) is 14.0. The molecule has 124 valence electrons. The largest absolute Gasteiger partial charge is 0.410 e. The molecule has 1 aliphatic heterocycles. The van der Waals surface area contributed by atoms with Gasteiger partial charge in [0.2, 0.25) is 0 Å². The minimum Gasteiger partial charge on any atom is -0.287 e. The van der Waals surface area contributed by atoms with Gasteiger partial charge in [-0.25, -0.2) is 9.24 Å². The molecule has 0 aromatic heterocycles. The van der Waals surface area contributed by atoms with Crippen molar-refractivity contribution in [1.82, 2.24) is 4.67 Å². The number of hydrogen-bond donors (Lipinski definition) is 0. The Labute approximate surface area is 138 Å². The van der Waals surface area contributed by atoms with Crippen molar-refractivity contribution in [2.75, 3.05) is 7.05 Å². The predicted molar refractivity (Wildman–Crippen MR) is 89.6 cm³/mol. The van der Waals surface area contributed by atoms with Gasteiger partial charge in [-0.3, -0.25) is 9.05 Å². The molecule has 0 bridgehead atoms. The molecular weight excluding hydrogens is 311 g/mol. The van der Waals surface area contributed by atoms with E-state index in [4.69, 9.17) is 9.05 Å². The summed E-state index contributed by atoms with van der Waals surface area (Å²) in [5.74, 6) is 0. The lowest BCUT2D eigenvalue weighted by Gasteiger charge is -2.28. The number of rotatable bonds is 5. The molecule has 1 saturated heterocycles. The summed E-state index contributed by atoms with van der Waals surface area (Å²) >= 11 is 0. The van der Waals surface area contributed by atoms with Gasteiger partial charge in [0.15, 0.2) is 5.60 Å². The number of nitriles is 1. The van der Waals surface area contributed by atoms with E-state index in [1.165, 1.54) is 0 Å². The Morgan fingerprint density at radius 3 is 2.65 bits per heavy atom. The minimum absolute atomic E-state index is 0.123. The van der Waals surface area contributed by atoms with E-state index in [-0.39, 0.29) is 12.1 Å². The van der Waals surface area contributed by atoms with E-state index >= 15 is 0 Å². The van der Waals surface area contributed by atoms with Crippen molar-refractivity contribution < 1.29 is 13.6 Å². The highest BCUT2D eigenvalue weighted by Gasteiger charge is 2.51. The van der Waals surface area contributed by atoms with Gasteiger partial charge < -0.3 is 0 Å². The molecule has 1 fully saturated rings. The van der Waals surface area contributed by atoms with Gasteiger partial charge >= 0.3 is 7.75 Å². The van der Waals surface area contributed by atoms with Gasteiger partial charge in [0.1, 0.15) is 12.2 Å². The highest BCUT2D eigenvalue weighted by molar-refractivity contribution is 7.51. The van der Waals surface area contributed by atoms with Gasteiger partial charge in [-0.15, -0.1) is 0 Å². The topological polar surface area (TPSA) is 62.6 Å². The van der Waals surface area contributed by atoms with Gasteiger partial charge in [-0.2, -0.15) is 5.26 Å². The molecule has 1 aliphatic rings. The fourth-order valence-electron chi connectivity index (χ4n) is 2.62. The van der Waals surface area contributed by atoms with Crippen molar-refractivity contribution in [3.05, 3.63) is 48.0 Å². The minimum atomic E-state index is -3.56. The molecule has 0 spiro atoms. The predicted octanol–water partition coefficient (Wildman–Crippen LogP) is 4.45. The summed E-state index contributed by atoms with van der Waals surface area (Å²) in [4.78, 5) is 0. The Balaban J connectivity index is 2.32. The molecule has 0 saturated carbocycles. The fraction of sp³-hybridized carbons (Fsp3) is 0.471. The van der Waals surface area contributed by atoms with Crippen LogP contribution in [-0.4, -0.2) is 23.4 Å². The molecule has 0 amide bonds. The Hall–Kier alpha value is -1.44. The highest BCUT2D eigenvalue weighted by Crippen LogP contribution is 2.64. The number of nitrogens with zero attached hydrogens (tertiary/aromatic N) is 2. The molecule has 6 heteroatoms. The van der Waals surface area contributed by atoms with Crippen LogP contribution in [0.1, 0.15) is 38.9 Å². The zero-order chi connectivity index (χ0) is 17.1. The first-order chi connectivity index (χ1) is 10.9. The van der Waals surface area contributed by atoms with Crippen LogP contribution < -0.4 is 0 Å². The average molecular weight is 334 g/mol. The number of hydrogen-bond acceptors (Lipinski definition) is 4. The van der Waals surface area contributed by atoms with E-state index in [1.54, 1.807) is 30.8 Å². The molecule has 1 aromatic rings. The molecule has 0 N–H and O–H groups in total. The van der Waals surface area contributed by atoms with Gasteiger partial charge in [0.05, 0.1) is 0 Å². The second-order valence-corrected chi connectivity index (χ2v) is 7.63. The normalized spacial score (nSPS) is 31.1. The van der Waals surface area contributed by atoms with Crippen molar-refractivity contribution in [2.45, 2.75) is 44.9 Å². The van der Waals surface area contributed by atoms with Crippen LogP contribution in [0.25, 0.3) is 0 Å². The number of allylic oxidation sites excluding steroid dienone is 1. The van der Waals surface area contributed by atoms with E-state index in [2.05, 4.69) is 6.07 Å². The van der Waals surface area contributed by atoms with Gasteiger partial charge in [-0.05, 0) is 39.0 Å². The summed E-state index contributed by atoms with van der Waals surface area (Å²) in [6.07, 6.45) is 3.39. The molecule has 1 aromatic carbocycles. The summed E-state index contributed by atoms with van der Waals surface area (Å²) in [6, 6.07) is 11.6. The standard InChI is InChI=1S/C17H23N2O3P/c1-5-12-17(6-2,13-18)22-23(20)19(4)14(3)16(21-23)15-10-8-7-9-11-15/h5,7-12,14,16H,6H2,1-4H3/b12-5+/t14-,16+,17+,23?/m0/s1. The summed E-state index contributed by atoms with van der Waals surface area (Å²) in [5.41, 5.74) is -0.303. The molecule has 0 radical (unpaired) electrons. The molecular formula is C17H23N2O3P. The van der Waals surface area contributed by atoms with E-state index in [1.807, 2.05) is 44.2 Å². The van der Waals surface area contributed by atoms with Crippen molar-refractivity contribution in [1.29, 1.82) is 5.26 Å². The quantitative estimate of drug-likeness (QED) is 0.588. The Bertz CT molecular complexity index is 656. The lowest BCUT2D eigenvalue weighted by Crippen LogP contribution is -2.30. The monoisotopic (exact) mass is 334 g/mol. The molecule has 4 atom stereocenters. The summed E-state index contributed by atoms with van der Waals surface area (Å²) < 4.78 is 26.5. The van der Waals surface area contributed by atoms with E-state index in [0.717, 1.165) is 5.56 Å². The average Bonchev–Trinajstić information content (AvgIpc) is 2.79. The van der Waals surface area contributed by atoms with Crippen molar-refractivity contribution in [2.24, 2.45) is 0 Å². The molecule has 2 rings (SSSR count). The third-order valence-corrected chi connectivity index (χ3v) is 6.40. The number of benzene rings is 1. The van der Waals surface area contributed by atoms with Crippen LogP contribution in [0.3, 0.4) is 0 Å². The third-order valence-electron chi connectivity index (χ3n) is 4.22. The molecule has 1 unspecified atom stereocenters. The molecule has 1 heterocycles. The Morgan fingerprint density at radius 2 is 2.13 bits per heavy atom. The van der Waals surface area contributed by atoms with Gasteiger partial charge in [0.25, 0.3) is 0 Å². The van der Waals surface area contributed by atoms with Crippen LogP contribution in [0.15, 0.2) is 42.5 Å². The van der Waals surface area contributed by atoms with E-state index < -0.39 is 13.3 Å². The fourth-order valence-corrected chi connectivity index (χ4v) is 4.73. The van der Waals surface area contributed by atoms with Crippen LogP contribution >= 0.6 is 7.75 Å². The van der Waals surface area contributed by atoms with Crippen LogP contribution in [0.2, 0.25) is 0 Å². The summed E-state index contributed by atoms with van der Waals surface area (Å²) in [6.45, 7) is 5.57. The van der Waals surface area contributed by atoms with Crippen LogP contribution in [0.5, 0.6) is 0 Å². The van der Waals surface area contributed by atoms with Crippen molar-refractivity contribution in [3.8, 4) is 6.07 Å². The Kier molecular flexibility index (Phi) is 5.44. The maximum Gasteiger partial charge on any atom is 0.410 e. The maximum atomic E-state index is 13.2. The third kappa shape index (κ3) is 3.41. The van der Waals surface area contributed by atoms with Crippen molar-refractivity contribution in [3.63, 3.8) is 0 Å². The number of likely N-dealkylation sites (N-methyl/N-ethyl adjacent to an activating group) is 1. The first-order valence-electron chi connectivity index (χ1n) is 7.74. The van der Waals surface area contributed by atoms with Crippen molar-refractivity contribution >= 4 is 7.75 Å². The maximum absolute atomic E-state index is 13.2. The SMILES string of the molecule is C/C=C/[C@@](C#N)(CC)OP1(=O)O[C@@H](c2ccccc2)[C@H](C)N1C. The van der Waals surface area contributed by atoms with Gasteiger partial charge in [0, 0.05) is 6.04 Å². The molecule has 23 heavy (non-hydrogen) atoms. The smallest absolute Gasteiger partial charge is 0.287 e. The Morgan fingerprint density at radius 1 is 1.48 bits per heavy atom. The van der Waals surface area contributed by atoms with E-state index in [9.17, 15) is 9.83 Å². The highest BCUT2D eigenvalue weighted by atomic mass is 31.2. The first kappa shape index (κ1) is 17.9. The summed E-state index contributed by atoms with van der Waals surface area (Å²) in [7, 11) is -1.85. The first-order valence-corrected chi connectivity index (χ1v) is 9.23. The lowest BCUT2D eigenvalue weighted by atomic mass is 10.0. The van der Waals surface area contributed by atoms with E-state index in [0.29, 0.717) is 6.42 Å². The van der Waals surface area contributed by atoms with Crippen LogP contribution in [0.4, 0.5) is 0 Å². The molecule has 5 nitrogen and oxygen atoms in total. The zero-order valence-corrected chi connectivity index (χ0v) is 14.9.